The predicted octanol–water partition coefficient (Wildman–Crippen LogP) is 3.11. The van der Waals surface area contributed by atoms with Gasteiger partial charge in [0.15, 0.2) is 0 Å². The summed E-state index contributed by atoms with van der Waals surface area (Å²) in [6.07, 6.45) is 0.267. The maximum atomic E-state index is 12.1. The maximum Gasteiger partial charge on any atom is 0.408 e. The molecule has 26 heavy (non-hydrogen) atoms. The van der Waals surface area contributed by atoms with Gasteiger partial charge in [0.25, 0.3) is 0 Å². The van der Waals surface area contributed by atoms with E-state index in [0.29, 0.717) is 19.5 Å². The average Bonchev–Trinajstić information content (AvgIpc) is 2.87. The van der Waals surface area contributed by atoms with Crippen molar-refractivity contribution in [3.63, 3.8) is 0 Å². The van der Waals surface area contributed by atoms with Crippen LogP contribution in [-0.4, -0.2) is 47.8 Å². The van der Waals surface area contributed by atoms with E-state index >= 15 is 0 Å². The Kier molecular flexibility index (Phi) is 7.03. The van der Waals surface area contributed by atoms with Gasteiger partial charge >= 0.3 is 12.1 Å². The van der Waals surface area contributed by atoms with Crippen LogP contribution in [0, 0.1) is 0 Å². The number of esters is 1. The smallest absolute Gasteiger partial charge is 0.408 e. The second kappa shape index (κ2) is 9.03. The Morgan fingerprint density at radius 3 is 2.50 bits per heavy atom. The third kappa shape index (κ3) is 6.67. The van der Waals surface area contributed by atoms with Crippen molar-refractivity contribution in [3.05, 3.63) is 35.9 Å². The highest BCUT2D eigenvalue weighted by Crippen LogP contribution is 2.18. The highest BCUT2D eigenvalue weighted by Gasteiger charge is 2.37. The number of nitrogens with one attached hydrogen (secondary N) is 1. The van der Waals surface area contributed by atoms with Crippen LogP contribution in [0.1, 0.15) is 46.1 Å². The van der Waals surface area contributed by atoms with E-state index < -0.39 is 11.7 Å². The number of carbonyl (C=O) groups is 2. The first-order valence-electron chi connectivity index (χ1n) is 9.22. The van der Waals surface area contributed by atoms with Crippen molar-refractivity contribution in [1.82, 2.24) is 10.2 Å². The van der Waals surface area contributed by atoms with Crippen LogP contribution in [0.4, 0.5) is 4.79 Å². The number of nitrogens with zero attached hydrogens (tertiary/aromatic N) is 1. The molecule has 1 N–H and O–H groups in total. The molecule has 0 spiro atoms. The summed E-state index contributed by atoms with van der Waals surface area (Å²) in [7, 11) is 0. The first-order valence-corrected chi connectivity index (χ1v) is 9.22. The molecule has 0 bridgehead atoms. The Labute approximate surface area is 155 Å². The molecule has 1 aromatic rings. The highest BCUT2D eigenvalue weighted by molar-refractivity contribution is 5.70. The molecular formula is C20H30N2O4. The Morgan fingerprint density at radius 1 is 1.19 bits per heavy atom. The molecule has 144 valence electrons. The van der Waals surface area contributed by atoms with Crippen LogP contribution in [0.5, 0.6) is 0 Å². The van der Waals surface area contributed by atoms with Crippen LogP contribution in [0.2, 0.25) is 0 Å². The largest absolute Gasteiger partial charge is 0.459 e. The van der Waals surface area contributed by atoms with Gasteiger partial charge in [0, 0.05) is 26.1 Å². The number of ether oxygens (including phenoxy) is 2. The number of benzene rings is 1. The van der Waals surface area contributed by atoms with Crippen molar-refractivity contribution in [2.45, 2.75) is 64.8 Å². The van der Waals surface area contributed by atoms with Crippen LogP contribution in [0.3, 0.4) is 0 Å². The molecule has 0 aliphatic carbocycles. The molecule has 1 aliphatic rings. The second-order valence-corrected chi connectivity index (χ2v) is 7.71. The fourth-order valence-corrected chi connectivity index (χ4v) is 2.97. The molecule has 2 unspecified atom stereocenters. The summed E-state index contributed by atoms with van der Waals surface area (Å²) in [4.78, 5) is 26.3. The lowest BCUT2D eigenvalue weighted by Gasteiger charge is -2.24. The summed E-state index contributed by atoms with van der Waals surface area (Å²) in [5, 5.41) is 2.87. The number of rotatable bonds is 6. The predicted molar refractivity (Wildman–Crippen MR) is 99.7 cm³/mol. The Balaban J connectivity index is 2.00. The minimum absolute atomic E-state index is 0.227. The van der Waals surface area contributed by atoms with Gasteiger partial charge in [-0.3, -0.25) is 9.69 Å². The summed E-state index contributed by atoms with van der Waals surface area (Å²) in [5.41, 5.74) is 0.616. The summed E-state index contributed by atoms with van der Waals surface area (Å²) in [6.45, 7) is 9.34. The quantitative estimate of drug-likeness (QED) is 0.788. The van der Waals surface area contributed by atoms with Crippen LogP contribution in [-0.2, 0) is 20.8 Å². The maximum absolute atomic E-state index is 12.1. The van der Waals surface area contributed by atoms with Crippen LogP contribution < -0.4 is 5.32 Å². The van der Waals surface area contributed by atoms with Crippen molar-refractivity contribution in [3.8, 4) is 0 Å². The van der Waals surface area contributed by atoms with Gasteiger partial charge in [-0.1, -0.05) is 37.3 Å². The Morgan fingerprint density at radius 2 is 1.88 bits per heavy atom. The molecule has 1 aliphatic heterocycles. The zero-order chi connectivity index (χ0) is 19.2. The van der Waals surface area contributed by atoms with E-state index in [-0.39, 0.29) is 18.1 Å². The minimum atomic E-state index is -0.569. The molecule has 1 heterocycles. The van der Waals surface area contributed by atoms with Gasteiger partial charge in [0.2, 0.25) is 0 Å². The van der Waals surface area contributed by atoms with Crippen LogP contribution in [0.15, 0.2) is 30.3 Å². The average molecular weight is 362 g/mol. The van der Waals surface area contributed by atoms with Gasteiger partial charge in [-0.15, -0.1) is 0 Å². The summed E-state index contributed by atoms with van der Waals surface area (Å²) in [5.74, 6) is -0.227. The molecule has 2 atom stereocenters. The monoisotopic (exact) mass is 362 g/mol. The number of carbonyl (C=O) groups excluding carboxylic acids is 2. The fourth-order valence-electron chi connectivity index (χ4n) is 2.97. The van der Waals surface area contributed by atoms with Crippen molar-refractivity contribution >= 4 is 12.1 Å². The molecule has 1 fully saturated rings. The van der Waals surface area contributed by atoms with Crippen molar-refractivity contribution in [2.24, 2.45) is 0 Å². The lowest BCUT2D eigenvalue weighted by molar-refractivity contribution is -0.149. The molecule has 6 nitrogen and oxygen atoms in total. The van der Waals surface area contributed by atoms with E-state index in [9.17, 15) is 9.59 Å². The first kappa shape index (κ1) is 20.2. The third-order valence-electron chi connectivity index (χ3n) is 4.03. The van der Waals surface area contributed by atoms with Crippen molar-refractivity contribution < 1.29 is 19.1 Å². The number of alkyl carbamates (subject to hydrolysis) is 1. The SMILES string of the molecule is CCCC(=O)OC1CN(Cc2ccccc2)CC1NC(=O)OC(C)(C)C. The summed E-state index contributed by atoms with van der Waals surface area (Å²) >= 11 is 0. The molecule has 0 aromatic heterocycles. The van der Waals surface area contributed by atoms with E-state index in [1.54, 1.807) is 0 Å². The minimum Gasteiger partial charge on any atom is -0.459 e. The molecule has 1 aromatic carbocycles. The van der Waals surface area contributed by atoms with E-state index in [0.717, 1.165) is 13.0 Å². The van der Waals surface area contributed by atoms with Crippen molar-refractivity contribution in [2.75, 3.05) is 13.1 Å². The summed E-state index contributed by atoms with van der Waals surface area (Å²) in [6, 6.07) is 9.82. The van der Waals surface area contributed by atoms with Gasteiger partial charge in [0.1, 0.15) is 11.7 Å². The van der Waals surface area contributed by atoms with E-state index in [1.165, 1.54) is 5.56 Å². The van der Waals surface area contributed by atoms with Gasteiger partial charge in [-0.25, -0.2) is 4.79 Å². The van der Waals surface area contributed by atoms with E-state index in [4.69, 9.17) is 9.47 Å². The van der Waals surface area contributed by atoms with E-state index in [1.807, 2.05) is 45.9 Å². The first-order chi connectivity index (χ1) is 12.3. The zero-order valence-electron chi connectivity index (χ0n) is 16.2. The van der Waals surface area contributed by atoms with Crippen LogP contribution >= 0.6 is 0 Å². The Hall–Kier alpha value is -2.08. The molecular weight excluding hydrogens is 332 g/mol. The lowest BCUT2D eigenvalue weighted by atomic mass is 10.2. The van der Waals surface area contributed by atoms with Crippen LogP contribution in [0.25, 0.3) is 0 Å². The second-order valence-electron chi connectivity index (χ2n) is 7.71. The molecule has 0 radical (unpaired) electrons. The summed E-state index contributed by atoms with van der Waals surface area (Å²) < 4.78 is 11.0. The Bertz CT molecular complexity index is 598. The topological polar surface area (TPSA) is 67.9 Å². The molecule has 2 rings (SSSR count). The van der Waals surface area contributed by atoms with Gasteiger partial charge in [-0.2, -0.15) is 0 Å². The molecule has 0 saturated carbocycles. The molecule has 1 saturated heterocycles. The number of likely N-dealkylation sites (tertiary alicyclic amines) is 1. The van der Waals surface area contributed by atoms with Crippen molar-refractivity contribution in [1.29, 1.82) is 0 Å². The standard InChI is InChI=1S/C20H30N2O4/c1-5-9-18(23)25-17-14-22(12-15-10-7-6-8-11-15)13-16(17)21-19(24)26-20(2,3)4/h6-8,10-11,16-17H,5,9,12-14H2,1-4H3,(H,21,24). The number of hydrogen-bond donors (Lipinski definition) is 1. The van der Waals surface area contributed by atoms with E-state index in [2.05, 4.69) is 22.3 Å². The van der Waals surface area contributed by atoms with Gasteiger partial charge in [-0.05, 0) is 32.8 Å². The third-order valence-corrected chi connectivity index (χ3v) is 4.03. The zero-order valence-corrected chi connectivity index (χ0v) is 16.2. The molecule has 6 heteroatoms. The van der Waals surface area contributed by atoms with Gasteiger partial charge < -0.3 is 14.8 Å². The fraction of sp³-hybridized carbons (Fsp3) is 0.600. The lowest BCUT2D eigenvalue weighted by Crippen LogP contribution is -2.46. The normalized spacial score (nSPS) is 20.6. The number of amides is 1. The van der Waals surface area contributed by atoms with Gasteiger partial charge in [0.05, 0.1) is 6.04 Å². The molecule has 1 amide bonds. The number of hydrogen-bond acceptors (Lipinski definition) is 5. The highest BCUT2D eigenvalue weighted by atomic mass is 16.6.